The number of hydrogen-bond acceptors (Lipinski definition) is 8. The minimum Gasteiger partial charge on any atom is -0.384 e. The Bertz CT molecular complexity index is 1500. The monoisotopic (exact) mass is 481 g/mol. The summed E-state index contributed by atoms with van der Waals surface area (Å²) in [5.41, 5.74) is 10.4. The molecule has 0 radical (unpaired) electrons. The molecule has 0 aliphatic heterocycles. The van der Waals surface area contributed by atoms with Gasteiger partial charge in [-0.1, -0.05) is 41.4 Å². The standard InChI is InChI=1S/C21H13Cl2N7OS/c22-14-5-2-6-15(23)17(14)30-18(24)13-8-25-20(28-19(13)29-21(30)31)27-12-4-1-3-11(7-12)16-9-32-10-26-16/h1-10H,24H2,(H,27,28,29,31). The molecule has 32 heavy (non-hydrogen) atoms. The third-order valence-electron chi connectivity index (χ3n) is 4.69. The first kappa shape index (κ1) is 20.4. The lowest BCUT2D eigenvalue weighted by molar-refractivity contribution is 0.940. The predicted molar refractivity (Wildman–Crippen MR) is 128 cm³/mol. The summed E-state index contributed by atoms with van der Waals surface area (Å²) in [6.45, 7) is 0. The van der Waals surface area contributed by atoms with Crippen LogP contribution in [0.2, 0.25) is 10.0 Å². The van der Waals surface area contributed by atoms with E-state index in [2.05, 4.69) is 25.3 Å². The molecule has 158 valence electrons. The van der Waals surface area contributed by atoms with Gasteiger partial charge in [-0.3, -0.25) is 0 Å². The number of fused-ring (bicyclic) bond motifs is 1. The number of aromatic nitrogens is 5. The van der Waals surface area contributed by atoms with Crippen LogP contribution in [-0.4, -0.2) is 24.5 Å². The summed E-state index contributed by atoms with van der Waals surface area (Å²) in [4.78, 5) is 29.8. The lowest BCUT2D eigenvalue weighted by atomic mass is 10.1. The molecule has 0 aliphatic carbocycles. The van der Waals surface area contributed by atoms with Crippen molar-refractivity contribution in [2.75, 3.05) is 11.1 Å². The third kappa shape index (κ3) is 3.66. The number of hydrogen-bond donors (Lipinski definition) is 2. The highest BCUT2D eigenvalue weighted by atomic mass is 35.5. The van der Waals surface area contributed by atoms with Crippen molar-refractivity contribution < 1.29 is 0 Å². The van der Waals surface area contributed by atoms with Crippen LogP contribution in [0.4, 0.5) is 17.5 Å². The van der Waals surface area contributed by atoms with Crippen LogP contribution in [0.25, 0.3) is 28.0 Å². The molecular weight excluding hydrogens is 469 g/mol. The highest BCUT2D eigenvalue weighted by Gasteiger charge is 2.17. The second-order valence-corrected chi connectivity index (χ2v) is 8.23. The quantitative estimate of drug-likeness (QED) is 0.374. The highest BCUT2D eigenvalue weighted by molar-refractivity contribution is 7.07. The lowest BCUT2D eigenvalue weighted by Crippen LogP contribution is -2.25. The number of rotatable bonds is 4. The summed E-state index contributed by atoms with van der Waals surface area (Å²) in [6.07, 6.45) is 1.50. The molecule has 0 atom stereocenters. The van der Waals surface area contributed by atoms with E-state index < -0.39 is 5.69 Å². The van der Waals surface area contributed by atoms with Crippen LogP contribution in [0.5, 0.6) is 0 Å². The molecule has 11 heteroatoms. The first-order valence-electron chi connectivity index (χ1n) is 9.26. The van der Waals surface area contributed by atoms with Gasteiger partial charge in [-0.05, 0) is 24.3 Å². The van der Waals surface area contributed by atoms with Crippen LogP contribution in [0.1, 0.15) is 0 Å². The van der Waals surface area contributed by atoms with Crippen molar-refractivity contribution in [3.8, 4) is 16.9 Å². The highest BCUT2D eigenvalue weighted by Crippen LogP contribution is 2.30. The van der Waals surface area contributed by atoms with Crippen molar-refractivity contribution in [2.45, 2.75) is 0 Å². The summed E-state index contributed by atoms with van der Waals surface area (Å²) in [5.74, 6) is 0.361. The van der Waals surface area contributed by atoms with Gasteiger partial charge in [0.1, 0.15) is 5.82 Å². The average molecular weight is 482 g/mol. The van der Waals surface area contributed by atoms with Crippen LogP contribution in [0, 0.1) is 0 Å². The number of nitrogens with zero attached hydrogens (tertiary/aromatic N) is 5. The van der Waals surface area contributed by atoms with Crippen molar-refractivity contribution in [1.29, 1.82) is 0 Å². The van der Waals surface area contributed by atoms with Gasteiger partial charge in [0.15, 0.2) is 5.65 Å². The average Bonchev–Trinajstić information content (AvgIpc) is 3.31. The van der Waals surface area contributed by atoms with Crippen LogP contribution < -0.4 is 16.7 Å². The second-order valence-electron chi connectivity index (χ2n) is 6.70. The maximum Gasteiger partial charge on any atom is 0.355 e. The van der Waals surface area contributed by atoms with E-state index >= 15 is 0 Å². The van der Waals surface area contributed by atoms with Crippen LogP contribution in [0.15, 0.2) is 64.3 Å². The molecule has 8 nitrogen and oxygen atoms in total. The molecule has 3 aromatic heterocycles. The Balaban J connectivity index is 1.55. The molecular formula is C21H13Cl2N7OS. The fourth-order valence-electron chi connectivity index (χ4n) is 3.22. The number of benzene rings is 2. The molecule has 0 fully saturated rings. The number of nitrogens with two attached hydrogens (primary N) is 1. The molecule has 3 heterocycles. The fourth-order valence-corrected chi connectivity index (χ4v) is 4.35. The lowest BCUT2D eigenvalue weighted by Gasteiger charge is -2.14. The minimum absolute atomic E-state index is 0.0899. The molecule has 5 rings (SSSR count). The van der Waals surface area contributed by atoms with Gasteiger partial charge >= 0.3 is 5.69 Å². The molecule has 0 aliphatic rings. The Hall–Kier alpha value is -3.53. The zero-order valence-corrected chi connectivity index (χ0v) is 18.5. The van der Waals surface area contributed by atoms with E-state index in [0.29, 0.717) is 5.39 Å². The van der Waals surface area contributed by atoms with Gasteiger partial charge in [0.2, 0.25) is 5.95 Å². The Labute approximate surface area is 195 Å². The van der Waals surface area contributed by atoms with Crippen molar-refractivity contribution in [3.63, 3.8) is 0 Å². The van der Waals surface area contributed by atoms with E-state index in [4.69, 9.17) is 28.9 Å². The summed E-state index contributed by atoms with van der Waals surface area (Å²) in [7, 11) is 0. The third-order valence-corrected chi connectivity index (χ3v) is 5.88. The van der Waals surface area contributed by atoms with Gasteiger partial charge in [0, 0.05) is 22.8 Å². The van der Waals surface area contributed by atoms with Gasteiger partial charge in [-0.15, -0.1) is 11.3 Å². The molecule has 0 amide bonds. The number of anilines is 3. The van der Waals surface area contributed by atoms with E-state index in [1.807, 2.05) is 29.6 Å². The minimum atomic E-state index is -0.653. The molecule has 0 spiro atoms. The van der Waals surface area contributed by atoms with Gasteiger partial charge in [-0.2, -0.15) is 9.97 Å². The number of thiazole rings is 1. The van der Waals surface area contributed by atoms with Crippen molar-refractivity contribution >= 4 is 63.0 Å². The van der Waals surface area contributed by atoms with Gasteiger partial charge < -0.3 is 11.1 Å². The molecule has 3 N–H and O–H groups in total. The van der Waals surface area contributed by atoms with Crippen LogP contribution in [-0.2, 0) is 0 Å². The summed E-state index contributed by atoms with van der Waals surface area (Å²) < 4.78 is 1.15. The fraction of sp³-hybridized carbons (Fsp3) is 0. The van der Waals surface area contributed by atoms with E-state index in [1.54, 1.807) is 23.7 Å². The van der Waals surface area contributed by atoms with Crippen molar-refractivity contribution in [1.82, 2.24) is 24.5 Å². The summed E-state index contributed by atoms with van der Waals surface area (Å²) in [5, 5.41) is 6.02. The maximum absolute atomic E-state index is 12.8. The smallest absolute Gasteiger partial charge is 0.355 e. The van der Waals surface area contributed by atoms with Gasteiger partial charge in [0.05, 0.1) is 32.3 Å². The Kier molecular flexibility index (Phi) is 5.22. The first-order valence-corrected chi connectivity index (χ1v) is 11.0. The second kappa shape index (κ2) is 8.19. The summed E-state index contributed by atoms with van der Waals surface area (Å²) >= 11 is 14.0. The van der Waals surface area contributed by atoms with Crippen LogP contribution in [0.3, 0.4) is 0 Å². The summed E-state index contributed by atoms with van der Waals surface area (Å²) in [6, 6.07) is 12.6. The molecule has 0 unspecified atom stereocenters. The molecule has 0 saturated heterocycles. The molecule has 0 saturated carbocycles. The van der Waals surface area contributed by atoms with E-state index in [1.165, 1.54) is 17.5 Å². The van der Waals surface area contributed by atoms with Crippen molar-refractivity contribution in [2.24, 2.45) is 0 Å². The molecule has 2 aromatic carbocycles. The van der Waals surface area contributed by atoms with E-state index in [-0.39, 0.29) is 33.1 Å². The normalized spacial score (nSPS) is 11.1. The Morgan fingerprint density at radius 2 is 1.81 bits per heavy atom. The largest absolute Gasteiger partial charge is 0.384 e. The molecule has 0 bridgehead atoms. The number of nitrogens with one attached hydrogen (secondary N) is 1. The zero-order valence-electron chi connectivity index (χ0n) is 16.2. The van der Waals surface area contributed by atoms with E-state index in [9.17, 15) is 4.79 Å². The first-order chi connectivity index (χ1) is 15.5. The topological polar surface area (TPSA) is 112 Å². The number of halogens is 2. The van der Waals surface area contributed by atoms with Crippen molar-refractivity contribution in [3.05, 3.63) is 80.1 Å². The van der Waals surface area contributed by atoms with Crippen LogP contribution >= 0.6 is 34.5 Å². The van der Waals surface area contributed by atoms with Gasteiger partial charge in [-0.25, -0.2) is 19.3 Å². The zero-order chi connectivity index (χ0) is 22.2. The number of nitrogen functional groups attached to an aromatic ring is 1. The van der Waals surface area contributed by atoms with E-state index in [0.717, 1.165) is 21.5 Å². The number of para-hydroxylation sites is 1. The predicted octanol–water partition coefficient (Wildman–Crippen LogP) is 4.93. The SMILES string of the molecule is Nc1c2cnc(Nc3cccc(-c4cscn4)c3)nc2nc(=O)n1-c1c(Cl)cccc1Cl. The Morgan fingerprint density at radius 3 is 2.56 bits per heavy atom. The Morgan fingerprint density at radius 1 is 1.03 bits per heavy atom. The van der Waals surface area contributed by atoms with Gasteiger partial charge in [0.25, 0.3) is 0 Å². The molecule has 5 aromatic rings. The maximum atomic E-state index is 12.8.